The van der Waals surface area contributed by atoms with Crippen LogP contribution in [-0.4, -0.2) is 40.0 Å². The normalized spacial score (nSPS) is 12.8. The Morgan fingerprint density at radius 1 is 1.35 bits per heavy atom. The van der Waals surface area contributed by atoms with E-state index in [1.165, 1.54) is 0 Å². The van der Waals surface area contributed by atoms with Crippen LogP contribution < -0.4 is 0 Å². The second kappa shape index (κ2) is 7.42. The zero-order valence-electron chi connectivity index (χ0n) is 11.7. The van der Waals surface area contributed by atoms with Crippen molar-refractivity contribution in [1.82, 2.24) is 15.0 Å². The molecule has 0 amide bonds. The zero-order chi connectivity index (χ0) is 14.4. The van der Waals surface area contributed by atoms with Gasteiger partial charge in [-0.3, -0.25) is 4.90 Å². The molecule has 6 heteroatoms. The lowest BCUT2D eigenvalue weighted by atomic mass is 10.1. The maximum atomic E-state index is 10.1. The van der Waals surface area contributed by atoms with Crippen molar-refractivity contribution in [3.63, 3.8) is 0 Å². The van der Waals surface area contributed by atoms with E-state index in [4.69, 9.17) is 4.52 Å². The molecule has 2 rings (SSSR count). The van der Waals surface area contributed by atoms with Crippen LogP contribution in [0.1, 0.15) is 23.4 Å². The number of benzene rings is 1. The molecule has 0 radical (unpaired) electrons. The Morgan fingerprint density at radius 3 is 2.80 bits per heavy atom. The highest BCUT2D eigenvalue weighted by atomic mass is 32.2. The van der Waals surface area contributed by atoms with Gasteiger partial charge in [0, 0.05) is 6.54 Å². The third-order valence-electron chi connectivity index (χ3n) is 2.86. The van der Waals surface area contributed by atoms with Crippen LogP contribution in [0.2, 0.25) is 0 Å². The summed E-state index contributed by atoms with van der Waals surface area (Å²) in [6.07, 6.45) is 1.48. The average Bonchev–Trinajstić information content (AvgIpc) is 2.87. The molecular formula is C14H19N3O2S. The molecule has 20 heavy (non-hydrogen) atoms. The average molecular weight is 293 g/mol. The summed E-state index contributed by atoms with van der Waals surface area (Å²) in [5, 5.41) is 14.0. The minimum Gasteiger partial charge on any atom is -0.387 e. The summed E-state index contributed by atoms with van der Waals surface area (Å²) in [6, 6.07) is 9.62. The van der Waals surface area contributed by atoms with Gasteiger partial charge in [-0.2, -0.15) is 16.7 Å². The van der Waals surface area contributed by atoms with E-state index in [9.17, 15) is 5.11 Å². The zero-order valence-corrected chi connectivity index (χ0v) is 12.5. The predicted octanol–water partition coefficient (Wildman–Crippen LogP) is 2.10. The van der Waals surface area contributed by atoms with Crippen LogP contribution >= 0.6 is 11.8 Å². The topological polar surface area (TPSA) is 62.4 Å². The van der Waals surface area contributed by atoms with Crippen molar-refractivity contribution in [2.24, 2.45) is 0 Å². The Kier molecular flexibility index (Phi) is 5.58. The number of aliphatic hydroxyl groups is 1. The molecule has 5 nitrogen and oxygen atoms in total. The molecule has 2 aromatic rings. The molecule has 0 spiro atoms. The molecule has 1 heterocycles. The fraction of sp³-hybridized carbons (Fsp3) is 0.429. The first-order chi connectivity index (χ1) is 9.69. The lowest BCUT2D eigenvalue weighted by Crippen LogP contribution is -2.24. The van der Waals surface area contributed by atoms with Crippen molar-refractivity contribution in [3.05, 3.63) is 47.6 Å². The minimum atomic E-state index is -0.519. The molecule has 108 valence electrons. The highest BCUT2D eigenvalue weighted by Gasteiger charge is 2.13. The molecular weight excluding hydrogens is 274 g/mol. The van der Waals surface area contributed by atoms with Gasteiger partial charge >= 0.3 is 0 Å². The number of likely N-dealkylation sites (N-methyl/N-ethyl adjacent to an activating group) is 1. The lowest BCUT2D eigenvalue weighted by molar-refractivity contribution is 0.118. The van der Waals surface area contributed by atoms with Crippen molar-refractivity contribution in [3.8, 4) is 0 Å². The molecule has 0 aliphatic carbocycles. The molecule has 0 aliphatic heterocycles. The SMILES string of the molecule is CSCc1noc(CN(C)C[C@H](O)c2ccccc2)n1. The van der Waals surface area contributed by atoms with Gasteiger partial charge in [-0.15, -0.1) is 0 Å². The highest BCUT2D eigenvalue weighted by Crippen LogP contribution is 2.14. The fourth-order valence-corrected chi connectivity index (χ4v) is 2.29. The third-order valence-corrected chi connectivity index (χ3v) is 3.40. The summed E-state index contributed by atoms with van der Waals surface area (Å²) in [5.74, 6) is 2.04. The summed E-state index contributed by atoms with van der Waals surface area (Å²) >= 11 is 1.66. The highest BCUT2D eigenvalue weighted by molar-refractivity contribution is 7.97. The van der Waals surface area contributed by atoms with Crippen LogP contribution in [0.4, 0.5) is 0 Å². The summed E-state index contributed by atoms with van der Waals surface area (Å²) in [4.78, 5) is 6.26. The summed E-state index contributed by atoms with van der Waals surface area (Å²) in [6.45, 7) is 1.05. The van der Waals surface area contributed by atoms with E-state index < -0.39 is 6.10 Å². The molecule has 0 saturated heterocycles. The first-order valence-electron chi connectivity index (χ1n) is 6.41. The number of rotatable bonds is 7. The fourth-order valence-electron chi connectivity index (χ4n) is 1.91. The first-order valence-corrected chi connectivity index (χ1v) is 7.80. The van der Waals surface area contributed by atoms with Crippen molar-refractivity contribution < 1.29 is 9.63 Å². The van der Waals surface area contributed by atoms with E-state index in [1.54, 1.807) is 11.8 Å². The van der Waals surface area contributed by atoms with Crippen molar-refractivity contribution in [2.45, 2.75) is 18.4 Å². The van der Waals surface area contributed by atoms with Crippen LogP contribution in [0.3, 0.4) is 0 Å². The van der Waals surface area contributed by atoms with E-state index in [-0.39, 0.29) is 0 Å². The summed E-state index contributed by atoms with van der Waals surface area (Å²) in [5.41, 5.74) is 0.910. The molecule has 1 aromatic heterocycles. The Labute approximate surface area is 123 Å². The Hall–Kier alpha value is -1.37. The Bertz CT molecular complexity index is 518. The van der Waals surface area contributed by atoms with Crippen molar-refractivity contribution in [1.29, 1.82) is 0 Å². The second-order valence-electron chi connectivity index (χ2n) is 4.66. The van der Waals surface area contributed by atoms with Crippen molar-refractivity contribution in [2.75, 3.05) is 19.8 Å². The summed E-state index contributed by atoms with van der Waals surface area (Å²) < 4.78 is 5.18. The second-order valence-corrected chi connectivity index (χ2v) is 5.53. The third kappa shape index (κ3) is 4.33. The van der Waals surface area contributed by atoms with Gasteiger partial charge in [-0.1, -0.05) is 35.5 Å². The molecule has 0 unspecified atom stereocenters. The van der Waals surface area contributed by atoms with E-state index in [0.29, 0.717) is 24.8 Å². The molecule has 0 bridgehead atoms. The molecule has 1 N–H and O–H groups in total. The van der Waals surface area contributed by atoms with Crippen LogP contribution in [0, 0.1) is 0 Å². The van der Waals surface area contributed by atoms with Gasteiger partial charge in [0.2, 0.25) is 5.89 Å². The van der Waals surface area contributed by atoms with Gasteiger partial charge in [-0.05, 0) is 18.9 Å². The van der Waals surface area contributed by atoms with Crippen LogP contribution in [0.15, 0.2) is 34.9 Å². The standard InChI is InChI=1S/C14H19N3O2S/c1-17(8-12(18)11-6-4-3-5-7-11)9-14-15-13(10-20-2)16-19-14/h3-7,12,18H,8-10H2,1-2H3/t12-/m0/s1. The predicted molar refractivity (Wildman–Crippen MR) is 79.3 cm³/mol. The number of nitrogens with zero attached hydrogens (tertiary/aromatic N) is 3. The van der Waals surface area contributed by atoms with Gasteiger partial charge in [0.1, 0.15) is 0 Å². The van der Waals surface area contributed by atoms with E-state index in [1.807, 2.05) is 48.5 Å². The minimum absolute atomic E-state index is 0.518. The van der Waals surface area contributed by atoms with E-state index in [0.717, 1.165) is 11.3 Å². The van der Waals surface area contributed by atoms with Gasteiger partial charge in [0.15, 0.2) is 5.82 Å². The number of thioether (sulfide) groups is 1. The molecule has 0 aliphatic rings. The van der Waals surface area contributed by atoms with Gasteiger partial charge in [0.25, 0.3) is 0 Å². The van der Waals surface area contributed by atoms with Crippen molar-refractivity contribution >= 4 is 11.8 Å². The van der Waals surface area contributed by atoms with Gasteiger partial charge in [0.05, 0.1) is 18.4 Å². The Balaban J connectivity index is 1.86. The molecule has 0 fully saturated rings. The number of hydrogen-bond acceptors (Lipinski definition) is 6. The molecule has 1 atom stereocenters. The quantitative estimate of drug-likeness (QED) is 0.843. The maximum absolute atomic E-state index is 10.1. The van der Waals surface area contributed by atoms with Crippen LogP contribution in [0.5, 0.6) is 0 Å². The first kappa shape index (κ1) is 15.0. The van der Waals surface area contributed by atoms with Gasteiger partial charge in [-0.25, -0.2) is 0 Å². The van der Waals surface area contributed by atoms with Gasteiger partial charge < -0.3 is 9.63 Å². The maximum Gasteiger partial charge on any atom is 0.240 e. The molecule has 0 saturated carbocycles. The Morgan fingerprint density at radius 2 is 2.10 bits per heavy atom. The number of aromatic nitrogens is 2. The lowest BCUT2D eigenvalue weighted by Gasteiger charge is -2.19. The van der Waals surface area contributed by atoms with Crippen LogP contribution in [-0.2, 0) is 12.3 Å². The summed E-state index contributed by atoms with van der Waals surface area (Å²) in [7, 11) is 1.92. The van der Waals surface area contributed by atoms with E-state index >= 15 is 0 Å². The largest absolute Gasteiger partial charge is 0.387 e. The number of hydrogen-bond donors (Lipinski definition) is 1. The molecule has 1 aromatic carbocycles. The van der Waals surface area contributed by atoms with E-state index in [2.05, 4.69) is 10.1 Å². The van der Waals surface area contributed by atoms with Crippen LogP contribution in [0.25, 0.3) is 0 Å². The number of aliphatic hydroxyl groups excluding tert-OH is 1. The monoisotopic (exact) mass is 293 g/mol. The smallest absolute Gasteiger partial charge is 0.240 e.